The van der Waals surface area contributed by atoms with Crippen molar-refractivity contribution in [3.8, 4) is 0 Å². The summed E-state index contributed by atoms with van der Waals surface area (Å²) in [6.07, 6.45) is 0. The third-order valence-electron chi connectivity index (χ3n) is 4.39. The maximum absolute atomic E-state index is 12.8. The normalized spacial score (nSPS) is 10.9. The van der Waals surface area contributed by atoms with E-state index >= 15 is 0 Å². The van der Waals surface area contributed by atoms with Crippen LogP contribution < -0.4 is 5.32 Å². The molecule has 0 saturated heterocycles. The molecule has 0 unspecified atom stereocenters. The molecule has 1 heterocycles. The van der Waals surface area contributed by atoms with Crippen molar-refractivity contribution in [1.82, 2.24) is 4.98 Å². The van der Waals surface area contributed by atoms with Crippen molar-refractivity contribution < 1.29 is 4.79 Å². The number of hydrogen-bond donors (Lipinski definition) is 1. The second kappa shape index (κ2) is 7.14. The number of anilines is 2. The first kappa shape index (κ1) is 17.7. The van der Waals surface area contributed by atoms with Gasteiger partial charge < -0.3 is 5.32 Å². The molecule has 3 nitrogen and oxygen atoms in total. The van der Waals surface area contributed by atoms with Crippen LogP contribution in [0.15, 0.2) is 60.7 Å². The number of aryl methyl sites for hydroxylation is 2. The van der Waals surface area contributed by atoms with E-state index < -0.39 is 0 Å². The average molecular weight is 393 g/mol. The van der Waals surface area contributed by atoms with Gasteiger partial charge in [-0.1, -0.05) is 35.9 Å². The number of hydrogen-bond acceptors (Lipinski definition) is 4. The summed E-state index contributed by atoms with van der Waals surface area (Å²) < 4.78 is 1.16. The lowest BCUT2D eigenvalue weighted by molar-refractivity contribution is 0.103. The average Bonchev–Trinajstić information content (AvgIpc) is 3.01. The monoisotopic (exact) mass is 392 g/mol. The number of thiazole rings is 1. The van der Waals surface area contributed by atoms with Crippen LogP contribution in [-0.2, 0) is 0 Å². The topological polar surface area (TPSA) is 42.0 Å². The fourth-order valence-electron chi connectivity index (χ4n) is 3.04. The number of rotatable bonds is 4. The predicted molar refractivity (Wildman–Crippen MR) is 114 cm³/mol. The molecule has 4 rings (SSSR count). The third-order valence-corrected chi connectivity index (χ3v) is 5.65. The molecule has 0 atom stereocenters. The summed E-state index contributed by atoms with van der Waals surface area (Å²) in [4.78, 5) is 17.3. The van der Waals surface area contributed by atoms with E-state index in [2.05, 4.69) is 16.4 Å². The highest BCUT2D eigenvalue weighted by molar-refractivity contribution is 7.18. The fraction of sp³-hybridized carbons (Fsp3) is 0.0909. The van der Waals surface area contributed by atoms with Crippen LogP contribution in [0, 0.1) is 13.8 Å². The highest BCUT2D eigenvalue weighted by Crippen LogP contribution is 2.29. The van der Waals surface area contributed by atoms with Crippen molar-refractivity contribution in [1.29, 1.82) is 0 Å². The number of nitrogens with one attached hydrogen (secondary N) is 1. The summed E-state index contributed by atoms with van der Waals surface area (Å²) in [5.74, 6) is -0.0657. The van der Waals surface area contributed by atoms with E-state index in [-0.39, 0.29) is 5.78 Å². The lowest BCUT2D eigenvalue weighted by Crippen LogP contribution is -2.04. The maximum atomic E-state index is 12.8. The van der Waals surface area contributed by atoms with Gasteiger partial charge in [-0.15, -0.1) is 11.3 Å². The van der Waals surface area contributed by atoms with Crippen molar-refractivity contribution >= 4 is 50.3 Å². The Morgan fingerprint density at radius 2 is 1.70 bits per heavy atom. The number of carbonyl (C=O) groups is 1. The molecule has 134 valence electrons. The first-order chi connectivity index (χ1) is 13.0. The molecule has 1 N–H and O–H groups in total. The maximum Gasteiger partial charge on any atom is 0.194 e. The third kappa shape index (κ3) is 3.59. The summed E-state index contributed by atoms with van der Waals surface area (Å²) in [6, 6.07) is 19.0. The second-order valence-corrected chi connectivity index (χ2v) is 8.02. The lowest BCUT2D eigenvalue weighted by atomic mass is 9.99. The van der Waals surface area contributed by atoms with Gasteiger partial charge in [0.05, 0.1) is 20.2 Å². The van der Waals surface area contributed by atoms with Crippen molar-refractivity contribution in [2.75, 3.05) is 5.32 Å². The van der Waals surface area contributed by atoms with Crippen molar-refractivity contribution in [3.63, 3.8) is 0 Å². The molecule has 4 aromatic rings. The standard InChI is InChI=1S/C22H17ClN2OS/c1-13-5-3-4-6-17(13)22(26)18-9-7-15(11-19(18)23)25-16-8-10-21-20(12-16)24-14(2)27-21/h3-12,25H,1-2H3. The minimum atomic E-state index is -0.0657. The second-order valence-electron chi connectivity index (χ2n) is 6.38. The molecule has 0 aliphatic carbocycles. The molecule has 3 aromatic carbocycles. The molecule has 0 fully saturated rings. The molecule has 1 aromatic heterocycles. The first-order valence-corrected chi connectivity index (χ1v) is 9.75. The van der Waals surface area contributed by atoms with Crippen LogP contribution in [0.2, 0.25) is 5.02 Å². The smallest absolute Gasteiger partial charge is 0.194 e. The molecular formula is C22H17ClN2OS. The van der Waals surface area contributed by atoms with Crippen LogP contribution in [-0.4, -0.2) is 10.8 Å². The largest absolute Gasteiger partial charge is 0.355 e. The zero-order valence-corrected chi connectivity index (χ0v) is 16.5. The quantitative estimate of drug-likeness (QED) is 0.401. The van der Waals surface area contributed by atoms with Gasteiger partial charge in [0.1, 0.15) is 0 Å². The van der Waals surface area contributed by atoms with Crippen LogP contribution in [0.25, 0.3) is 10.2 Å². The van der Waals surface area contributed by atoms with Crippen LogP contribution >= 0.6 is 22.9 Å². The minimum absolute atomic E-state index is 0.0657. The fourth-order valence-corrected chi connectivity index (χ4v) is 4.11. The predicted octanol–water partition coefficient (Wildman–Crippen LogP) is 6.54. The Bertz CT molecular complexity index is 1170. The lowest BCUT2D eigenvalue weighted by Gasteiger charge is -2.10. The van der Waals surface area contributed by atoms with Gasteiger partial charge in [0.2, 0.25) is 0 Å². The van der Waals surface area contributed by atoms with Gasteiger partial charge in [0.25, 0.3) is 0 Å². The Kier molecular flexibility index (Phi) is 4.68. The minimum Gasteiger partial charge on any atom is -0.355 e. The Labute approximate surface area is 166 Å². The van der Waals surface area contributed by atoms with Crippen LogP contribution in [0.3, 0.4) is 0 Å². The molecule has 0 bridgehead atoms. The highest BCUT2D eigenvalue weighted by Gasteiger charge is 2.15. The van der Waals surface area contributed by atoms with E-state index in [4.69, 9.17) is 11.6 Å². The van der Waals surface area contributed by atoms with Gasteiger partial charge in [0.15, 0.2) is 5.78 Å². The first-order valence-electron chi connectivity index (χ1n) is 8.55. The molecule has 27 heavy (non-hydrogen) atoms. The molecule has 0 aliphatic heterocycles. The van der Waals surface area contributed by atoms with Crippen LogP contribution in [0.4, 0.5) is 11.4 Å². The van der Waals surface area contributed by atoms with Crippen molar-refractivity contribution in [2.24, 2.45) is 0 Å². The number of halogens is 1. The molecule has 0 spiro atoms. The molecular weight excluding hydrogens is 376 g/mol. The number of nitrogens with zero attached hydrogens (tertiary/aromatic N) is 1. The van der Waals surface area contributed by atoms with E-state index in [1.807, 2.05) is 56.3 Å². The Balaban J connectivity index is 1.61. The van der Waals surface area contributed by atoms with E-state index in [9.17, 15) is 4.79 Å². The van der Waals surface area contributed by atoms with Gasteiger partial charge in [-0.2, -0.15) is 0 Å². The molecule has 5 heteroatoms. The summed E-state index contributed by atoms with van der Waals surface area (Å²) in [6.45, 7) is 3.93. The Morgan fingerprint density at radius 1 is 0.963 bits per heavy atom. The van der Waals surface area contributed by atoms with Gasteiger partial charge in [-0.05, 0) is 55.8 Å². The SMILES string of the molecule is Cc1nc2cc(Nc3ccc(C(=O)c4ccccc4C)c(Cl)c3)ccc2s1. The van der Waals surface area contributed by atoms with Crippen LogP contribution in [0.5, 0.6) is 0 Å². The number of fused-ring (bicyclic) bond motifs is 1. The summed E-state index contributed by atoms with van der Waals surface area (Å²) in [5.41, 5.74) is 4.84. The van der Waals surface area contributed by atoms with E-state index in [0.29, 0.717) is 16.1 Å². The summed E-state index contributed by atoms with van der Waals surface area (Å²) in [5, 5.41) is 4.81. The zero-order chi connectivity index (χ0) is 19.0. The van der Waals surface area contributed by atoms with Crippen molar-refractivity contribution in [3.05, 3.63) is 87.4 Å². The Morgan fingerprint density at radius 3 is 2.48 bits per heavy atom. The van der Waals surface area contributed by atoms with E-state index in [1.165, 1.54) is 0 Å². The molecule has 0 amide bonds. The number of carbonyl (C=O) groups excluding carboxylic acids is 1. The van der Waals surface area contributed by atoms with E-state index in [0.717, 1.165) is 32.2 Å². The molecule has 0 aliphatic rings. The van der Waals surface area contributed by atoms with Gasteiger partial charge in [-0.3, -0.25) is 4.79 Å². The zero-order valence-electron chi connectivity index (χ0n) is 14.9. The highest BCUT2D eigenvalue weighted by atomic mass is 35.5. The van der Waals surface area contributed by atoms with Crippen molar-refractivity contribution in [2.45, 2.75) is 13.8 Å². The molecule has 0 radical (unpaired) electrons. The summed E-state index contributed by atoms with van der Waals surface area (Å²) in [7, 11) is 0. The Hall–Kier alpha value is -2.69. The number of benzene rings is 3. The van der Waals surface area contributed by atoms with Crippen LogP contribution in [0.1, 0.15) is 26.5 Å². The molecule has 0 saturated carbocycles. The van der Waals surface area contributed by atoms with Gasteiger partial charge in [-0.25, -0.2) is 4.98 Å². The number of aromatic nitrogens is 1. The number of ketones is 1. The van der Waals surface area contributed by atoms with Gasteiger partial charge >= 0.3 is 0 Å². The van der Waals surface area contributed by atoms with E-state index in [1.54, 1.807) is 23.5 Å². The summed E-state index contributed by atoms with van der Waals surface area (Å²) >= 11 is 8.10. The van der Waals surface area contributed by atoms with Gasteiger partial charge in [0, 0.05) is 22.5 Å².